The van der Waals surface area contributed by atoms with Crippen LogP contribution in [-0.4, -0.2) is 35.6 Å². The van der Waals surface area contributed by atoms with Crippen LogP contribution in [0.2, 0.25) is 0 Å². The minimum atomic E-state index is -4.42. The zero-order chi connectivity index (χ0) is 22.4. The molecular weight excluding hydrogens is 426 g/mol. The summed E-state index contributed by atoms with van der Waals surface area (Å²) >= 11 is 0. The lowest BCUT2D eigenvalue weighted by atomic mass is 10.2. The van der Waals surface area contributed by atoms with Gasteiger partial charge in [-0.1, -0.05) is 18.2 Å². The van der Waals surface area contributed by atoms with Crippen LogP contribution in [0.15, 0.2) is 76.9 Å². The van der Waals surface area contributed by atoms with Gasteiger partial charge in [0.05, 0.1) is 33.8 Å². The van der Waals surface area contributed by atoms with Gasteiger partial charge in [-0.05, 0) is 30.3 Å². The minimum absolute atomic E-state index is 0.0573. The van der Waals surface area contributed by atoms with Crippen molar-refractivity contribution in [3.63, 3.8) is 0 Å². The molecule has 0 radical (unpaired) electrons. The third-order valence-corrected chi connectivity index (χ3v) is 5.34. The molecule has 0 aliphatic heterocycles. The predicted octanol–water partition coefficient (Wildman–Crippen LogP) is 2.93. The SMILES string of the molecule is O=C(O)c1ccccc1NS(=O)(=O)c1cc([N+](=O)[O-])ccc1NN=Cc1ccccn1. The Labute approximate surface area is 176 Å². The van der Waals surface area contributed by atoms with Crippen molar-refractivity contribution in [3.8, 4) is 0 Å². The van der Waals surface area contributed by atoms with Gasteiger partial charge in [-0.2, -0.15) is 5.10 Å². The molecule has 0 aliphatic carbocycles. The van der Waals surface area contributed by atoms with Crippen molar-refractivity contribution >= 4 is 39.3 Å². The van der Waals surface area contributed by atoms with E-state index in [1.807, 2.05) is 0 Å². The number of pyridine rings is 1. The largest absolute Gasteiger partial charge is 0.478 e. The van der Waals surface area contributed by atoms with Crippen molar-refractivity contribution in [2.75, 3.05) is 10.1 Å². The molecule has 3 rings (SSSR count). The van der Waals surface area contributed by atoms with Crippen LogP contribution in [0.25, 0.3) is 0 Å². The average molecular weight is 441 g/mol. The smallest absolute Gasteiger partial charge is 0.337 e. The maximum absolute atomic E-state index is 13.0. The van der Waals surface area contributed by atoms with E-state index in [1.54, 1.807) is 24.4 Å². The molecule has 1 aromatic heterocycles. The lowest BCUT2D eigenvalue weighted by Crippen LogP contribution is -2.17. The van der Waals surface area contributed by atoms with Crippen molar-refractivity contribution in [2.45, 2.75) is 4.90 Å². The molecule has 0 unspecified atom stereocenters. The topological polar surface area (TPSA) is 164 Å². The monoisotopic (exact) mass is 441 g/mol. The first-order valence-electron chi connectivity index (χ1n) is 8.61. The zero-order valence-electron chi connectivity index (χ0n) is 15.7. The van der Waals surface area contributed by atoms with E-state index < -0.39 is 31.5 Å². The van der Waals surface area contributed by atoms with Crippen molar-refractivity contribution in [1.29, 1.82) is 0 Å². The molecule has 0 amide bonds. The third kappa shape index (κ3) is 5.19. The van der Waals surface area contributed by atoms with Gasteiger partial charge in [0.25, 0.3) is 15.7 Å². The van der Waals surface area contributed by atoms with Gasteiger partial charge in [-0.15, -0.1) is 0 Å². The molecule has 11 nitrogen and oxygen atoms in total. The highest BCUT2D eigenvalue weighted by Crippen LogP contribution is 2.29. The van der Waals surface area contributed by atoms with E-state index in [2.05, 4.69) is 20.2 Å². The molecule has 31 heavy (non-hydrogen) atoms. The Morgan fingerprint density at radius 1 is 1.10 bits per heavy atom. The maximum atomic E-state index is 13.0. The summed E-state index contributed by atoms with van der Waals surface area (Å²) in [6, 6.07) is 13.7. The van der Waals surface area contributed by atoms with E-state index in [0.717, 1.165) is 12.1 Å². The lowest BCUT2D eigenvalue weighted by molar-refractivity contribution is -0.385. The highest BCUT2D eigenvalue weighted by atomic mass is 32.2. The fraction of sp³-hybridized carbons (Fsp3) is 0. The number of hydrogen-bond donors (Lipinski definition) is 3. The molecule has 3 aromatic rings. The molecule has 0 spiro atoms. The number of hydrogen-bond acceptors (Lipinski definition) is 8. The van der Waals surface area contributed by atoms with Crippen LogP contribution in [-0.2, 0) is 10.0 Å². The van der Waals surface area contributed by atoms with Gasteiger partial charge in [0.15, 0.2) is 0 Å². The number of carboxylic acid groups (broad SMARTS) is 1. The number of carboxylic acids is 1. The molecule has 3 N–H and O–H groups in total. The summed E-state index contributed by atoms with van der Waals surface area (Å²) in [5, 5.41) is 24.3. The molecule has 1 heterocycles. The zero-order valence-corrected chi connectivity index (χ0v) is 16.5. The quantitative estimate of drug-likeness (QED) is 0.273. The first kappa shape index (κ1) is 21.4. The van der Waals surface area contributed by atoms with Crippen LogP contribution in [0.1, 0.15) is 16.1 Å². The number of aromatic nitrogens is 1. The maximum Gasteiger partial charge on any atom is 0.337 e. The molecule has 0 atom stereocenters. The Hall–Kier alpha value is -4.32. The molecular formula is C19H15N5O6S. The summed E-state index contributed by atoms with van der Waals surface area (Å²) in [4.78, 5) is 25.3. The molecule has 0 saturated carbocycles. The van der Waals surface area contributed by atoms with E-state index in [-0.39, 0.29) is 16.9 Å². The summed E-state index contributed by atoms with van der Waals surface area (Å²) in [6.45, 7) is 0. The van der Waals surface area contributed by atoms with Crippen LogP contribution in [0.3, 0.4) is 0 Å². The van der Waals surface area contributed by atoms with Crippen LogP contribution < -0.4 is 10.1 Å². The number of benzene rings is 2. The molecule has 12 heteroatoms. The second-order valence-electron chi connectivity index (χ2n) is 6.02. The molecule has 0 bridgehead atoms. The summed E-state index contributed by atoms with van der Waals surface area (Å²) in [5.74, 6) is -1.34. The standard InChI is InChI=1S/C19H15N5O6S/c25-19(26)15-6-1-2-7-16(15)23-31(29,30)18-11-14(24(27)28)8-9-17(18)22-21-12-13-5-3-4-10-20-13/h1-12,22-23H,(H,25,26). The minimum Gasteiger partial charge on any atom is -0.478 e. The number of hydrazone groups is 1. The summed E-state index contributed by atoms with van der Waals surface area (Å²) < 4.78 is 28.1. The average Bonchev–Trinajstić information content (AvgIpc) is 2.74. The number of nitrogens with one attached hydrogen (secondary N) is 2. The van der Waals surface area contributed by atoms with Gasteiger partial charge in [-0.25, -0.2) is 13.2 Å². The van der Waals surface area contributed by atoms with Crippen LogP contribution in [0.5, 0.6) is 0 Å². The van der Waals surface area contributed by atoms with E-state index in [1.165, 1.54) is 36.5 Å². The van der Waals surface area contributed by atoms with Crippen molar-refractivity contribution < 1.29 is 23.2 Å². The van der Waals surface area contributed by atoms with Gasteiger partial charge < -0.3 is 5.11 Å². The fourth-order valence-electron chi connectivity index (χ4n) is 2.52. The molecule has 0 fully saturated rings. The van der Waals surface area contributed by atoms with Gasteiger partial charge in [0.2, 0.25) is 0 Å². The van der Waals surface area contributed by atoms with E-state index >= 15 is 0 Å². The van der Waals surface area contributed by atoms with E-state index in [9.17, 15) is 28.4 Å². The number of carbonyl (C=O) groups is 1. The summed E-state index contributed by atoms with van der Waals surface area (Å²) in [7, 11) is -4.42. The number of non-ortho nitro benzene ring substituents is 1. The number of anilines is 2. The van der Waals surface area contributed by atoms with Crippen molar-refractivity contribution in [1.82, 2.24) is 4.98 Å². The Balaban J connectivity index is 1.99. The second kappa shape index (κ2) is 9.00. The number of nitro benzene ring substituents is 1. The van der Waals surface area contributed by atoms with Gasteiger partial charge in [-0.3, -0.25) is 25.2 Å². The number of nitro groups is 1. The second-order valence-corrected chi connectivity index (χ2v) is 7.67. The normalized spacial score (nSPS) is 11.2. The van der Waals surface area contributed by atoms with Crippen molar-refractivity contribution in [2.24, 2.45) is 5.10 Å². The van der Waals surface area contributed by atoms with Crippen LogP contribution in [0.4, 0.5) is 17.1 Å². The highest BCUT2D eigenvalue weighted by molar-refractivity contribution is 7.93. The van der Waals surface area contributed by atoms with Gasteiger partial charge >= 0.3 is 5.97 Å². The van der Waals surface area contributed by atoms with Crippen molar-refractivity contribution in [3.05, 3.63) is 88.2 Å². The van der Waals surface area contributed by atoms with Crippen LogP contribution in [0, 0.1) is 10.1 Å². The first-order valence-corrected chi connectivity index (χ1v) is 10.1. The summed E-state index contributed by atoms with van der Waals surface area (Å²) in [6.07, 6.45) is 2.89. The fourth-order valence-corrected chi connectivity index (χ4v) is 3.77. The van der Waals surface area contributed by atoms with Crippen LogP contribution >= 0.6 is 0 Å². The Morgan fingerprint density at radius 3 is 2.52 bits per heavy atom. The highest BCUT2D eigenvalue weighted by Gasteiger charge is 2.24. The van der Waals surface area contributed by atoms with E-state index in [4.69, 9.17) is 0 Å². The number of para-hydroxylation sites is 1. The molecule has 2 aromatic carbocycles. The summed E-state index contributed by atoms with van der Waals surface area (Å²) in [5.41, 5.74) is 2.03. The first-order chi connectivity index (χ1) is 14.8. The Bertz CT molecular complexity index is 1260. The number of nitrogens with zero attached hydrogens (tertiary/aromatic N) is 3. The molecule has 0 aliphatic rings. The third-order valence-electron chi connectivity index (χ3n) is 3.94. The van der Waals surface area contributed by atoms with E-state index in [0.29, 0.717) is 5.69 Å². The Kier molecular flexibility index (Phi) is 6.21. The number of sulfonamides is 1. The predicted molar refractivity (Wildman–Crippen MR) is 113 cm³/mol. The van der Waals surface area contributed by atoms with Gasteiger partial charge in [0, 0.05) is 18.3 Å². The molecule has 158 valence electrons. The Morgan fingerprint density at radius 2 is 1.84 bits per heavy atom. The number of aromatic carboxylic acids is 1. The van der Waals surface area contributed by atoms with Gasteiger partial charge in [0.1, 0.15) is 4.90 Å². The molecule has 0 saturated heterocycles. The lowest BCUT2D eigenvalue weighted by Gasteiger charge is -2.13. The number of rotatable bonds is 8.